The Balaban J connectivity index is 2.23. The second-order valence-electron chi connectivity index (χ2n) is 4.27. The molecule has 0 aliphatic heterocycles. The molecule has 2 N–H and O–H groups in total. The third kappa shape index (κ3) is 2.77. The second kappa shape index (κ2) is 5.03. The number of hydrogen-bond acceptors (Lipinski definition) is 4. The molecule has 1 saturated carbocycles. The first kappa shape index (κ1) is 12.3. The fourth-order valence-corrected chi connectivity index (χ4v) is 1.66. The van der Waals surface area contributed by atoms with Gasteiger partial charge in [0.15, 0.2) is 0 Å². The van der Waals surface area contributed by atoms with Crippen molar-refractivity contribution in [1.82, 2.24) is 5.32 Å². The molecule has 0 bridgehead atoms. The van der Waals surface area contributed by atoms with E-state index in [0.717, 1.165) is 12.8 Å². The van der Waals surface area contributed by atoms with Gasteiger partial charge in [-0.1, -0.05) is 0 Å². The average Bonchev–Trinajstić information content (AvgIpc) is 3.13. The van der Waals surface area contributed by atoms with E-state index in [1.54, 1.807) is 12.1 Å². The number of nitrogens with zero attached hydrogens (tertiary/aromatic N) is 1. The first-order valence-electron chi connectivity index (χ1n) is 5.95. The molecule has 0 atom stereocenters. The van der Waals surface area contributed by atoms with Crippen LogP contribution < -0.4 is 10.6 Å². The van der Waals surface area contributed by atoms with E-state index in [1.165, 1.54) is 6.07 Å². The molecule has 0 saturated heterocycles. The Morgan fingerprint density at radius 2 is 2.22 bits per heavy atom. The van der Waals surface area contributed by atoms with Gasteiger partial charge >= 0.3 is 0 Å². The molecule has 0 radical (unpaired) electrons. The van der Waals surface area contributed by atoms with Crippen molar-refractivity contribution in [3.05, 3.63) is 33.9 Å². The molecule has 1 aromatic carbocycles. The van der Waals surface area contributed by atoms with Crippen LogP contribution >= 0.6 is 0 Å². The molecule has 18 heavy (non-hydrogen) atoms. The zero-order valence-electron chi connectivity index (χ0n) is 10.1. The van der Waals surface area contributed by atoms with Crippen molar-refractivity contribution in [2.24, 2.45) is 0 Å². The number of hydrogen-bond donors (Lipinski definition) is 2. The zero-order valence-corrected chi connectivity index (χ0v) is 10.1. The van der Waals surface area contributed by atoms with Gasteiger partial charge in [-0.2, -0.15) is 0 Å². The van der Waals surface area contributed by atoms with E-state index in [4.69, 9.17) is 0 Å². The van der Waals surface area contributed by atoms with E-state index in [9.17, 15) is 14.9 Å². The van der Waals surface area contributed by atoms with Gasteiger partial charge in [-0.15, -0.1) is 0 Å². The summed E-state index contributed by atoms with van der Waals surface area (Å²) in [5.74, 6) is -0.247. The van der Waals surface area contributed by atoms with Crippen molar-refractivity contribution in [3.8, 4) is 0 Å². The fraction of sp³-hybridized carbons (Fsp3) is 0.417. The van der Waals surface area contributed by atoms with Crippen LogP contribution in [0.3, 0.4) is 0 Å². The Hall–Kier alpha value is -2.11. The van der Waals surface area contributed by atoms with Crippen molar-refractivity contribution in [3.63, 3.8) is 0 Å². The molecule has 1 aliphatic rings. The number of nitrogens with one attached hydrogen (secondary N) is 2. The van der Waals surface area contributed by atoms with Gasteiger partial charge in [-0.3, -0.25) is 14.9 Å². The van der Waals surface area contributed by atoms with Gasteiger partial charge in [0.2, 0.25) is 0 Å². The lowest BCUT2D eigenvalue weighted by Gasteiger charge is -2.07. The highest BCUT2D eigenvalue weighted by atomic mass is 16.6. The summed E-state index contributed by atoms with van der Waals surface area (Å²) in [5.41, 5.74) is 0.695. The van der Waals surface area contributed by atoms with Crippen molar-refractivity contribution in [2.45, 2.75) is 25.8 Å². The highest BCUT2D eigenvalue weighted by Gasteiger charge is 2.25. The van der Waals surface area contributed by atoms with Crippen LogP contribution in [0.4, 0.5) is 11.4 Å². The molecule has 1 aromatic rings. The highest BCUT2D eigenvalue weighted by Crippen LogP contribution is 2.26. The third-order valence-corrected chi connectivity index (χ3v) is 2.74. The van der Waals surface area contributed by atoms with Crippen molar-refractivity contribution < 1.29 is 9.72 Å². The lowest BCUT2D eigenvalue weighted by atomic mass is 10.1. The van der Waals surface area contributed by atoms with Crippen molar-refractivity contribution >= 4 is 17.3 Å². The van der Waals surface area contributed by atoms with Gasteiger partial charge in [0, 0.05) is 24.2 Å². The van der Waals surface area contributed by atoms with Gasteiger partial charge in [-0.05, 0) is 31.9 Å². The first-order chi connectivity index (χ1) is 8.61. The number of nitro groups is 1. The smallest absolute Gasteiger partial charge is 0.293 e. The predicted octanol–water partition coefficient (Wildman–Crippen LogP) is 1.92. The van der Waals surface area contributed by atoms with Crippen molar-refractivity contribution in [1.29, 1.82) is 0 Å². The number of rotatable bonds is 5. The van der Waals surface area contributed by atoms with Crippen molar-refractivity contribution in [2.75, 3.05) is 11.9 Å². The van der Waals surface area contributed by atoms with Gasteiger partial charge in [-0.25, -0.2) is 0 Å². The number of amides is 1. The van der Waals surface area contributed by atoms with Gasteiger partial charge in [0.1, 0.15) is 5.69 Å². The molecule has 1 aliphatic carbocycles. The maximum atomic E-state index is 11.8. The lowest BCUT2D eigenvalue weighted by Crippen LogP contribution is -2.25. The second-order valence-corrected chi connectivity index (χ2v) is 4.27. The summed E-state index contributed by atoms with van der Waals surface area (Å²) in [4.78, 5) is 22.2. The number of anilines is 1. The van der Waals surface area contributed by atoms with Gasteiger partial charge in [0.05, 0.1) is 4.92 Å². The van der Waals surface area contributed by atoms with E-state index in [0.29, 0.717) is 17.8 Å². The SMILES string of the molecule is CCNc1ccc(C(=O)NC2CC2)cc1[N+](=O)[O-]. The van der Waals surface area contributed by atoms with Gasteiger partial charge in [0.25, 0.3) is 11.6 Å². The van der Waals surface area contributed by atoms with Crippen LogP contribution in [0, 0.1) is 10.1 Å². The monoisotopic (exact) mass is 249 g/mol. The largest absolute Gasteiger partial charge is 0.380 e. The number of carbonyl (C=O) groups is 1. The molecule has 0 aromatic heterocycles. The molecule has 1 fully saturated rings. The number of benzene rings is 1. The van der Waals surface area contributed by atoms with E-state index in [2.05, 4.69) is 10.6 Å². The molecule has 6 nitrogen and oxygen atoms in total. The Bertz CT molecular complexity index is 483. The van der Waals surface area contributed by atoms with Crippen LogP contribution in [0.1, 0.15) is 30.1 Å². The third-order valence-electron chi connectivity index (χ3n) is 2.74. The summed E-state index contributed by atoms with van der Waals surface area (Å²) in [6, 6.07) is 4.73. The Morgan fingerprint density at radius 1 is 1.50 bits per heavy atom. The Kier molecular flexibility index (Phi) is 3.45. The Morgan fingerprint density at radius 3 is 2.78 bits per heavy atom. The molecule has 0 unspecified atom stereocenters. The molecule has 0 heterocycles. The molecule has 0 spiro atoms. The van der Waals surface area contributed by atoms with E-state index < -0.39 is 4.92 Å². The standard InChI is InChI=1S/C12H15N3O3/c1-2-13-10-6-3-8(7-11(10)15(17)18)12(16)14-9-4-5-9/h3,6-7,9,13H,2,4-5H2,1H3,(H,14,16). The summed E-state index contributed by atoms with van der Waals surface area (Å²) in [7, 11) is 0. The predicted molar refractivity (Wildman–Crippen MR) is 67.7 cm³/mol. The average molecular weight is 249 g/mol. The molecular weight excluding hydrogens is 234 g/mol. The number of carbonyl (C=O) groups excluding carboxylic acids is 1. The minimum absolute atomic E-state index is 0.0692. The minimum atomic E-state index is -0.480. The quantitative estimate of drug-likeness (QED) is 0.616. The summed E-state index contributed by atoms with van der Waals surface area (Å²) in [6.45, 7) is 2.45. The van der Waals surface area contributed by atoms with Crippen LogP contribution in [-0.2, 0) is 0 Å². The highest BCUT2D eigenvalue weighted by molar-refractivity contribution is 5.96. The summed E-state index contributed by atoms with van der Waals surface area (Å²) < 4.78 is 0. The van der Waals surface area contributed by atoms with E-state index in [-0.39, 0.29) is 17.6 Å². The molecule has 6 heteroatoms. The van der Waals surface area contributed by atoms with Crippen LogP contribution in [0.15, 0.2) is 18.2 Å². The molecule has 2 rings (SSSR count). The first-order valence-corrected chi connectivity index (χ1v) is 5.95. The summed E-state index contributed by atoms with van der Waals surface area (Å²) in [6.07, 6.45) is 1.98. The topological polar surface area (TPSA) is 84.3 Å². The molecule has 1 amide bonds. The lowest BCUT2D eigenvalue weighted by molar-refractivity contribution is -0.384. The van der Waals surface area contributed by atoms with Crippen LogP contribution in [0.25, 0.3) is 0 Å². The Labute approximate surface area is 105 Å². The summed E-state index contributed by atoms with van der Waals surface area (Å²) >= 11 is 0. The number of nitro benzene ring substituents is 1. The normalized spacial score (nSPS) is 14.1. The van der Waals surface area contributed by atoms with Crippen LogP contribution in [-0.4, -0.2) is 23.4 Å². The van der Waals surface area contributed by atoms with Crippen LogP contribution in [0.5, 0.6) is 0 Å². The zero-order chi connectivity index (χ0) is 13.1. The van der Waals surface area contributed by atoms with Crippen LogP contribution in [0.2, 0.25) is 0 Å². The maximum Gasteiger partial charge on any atom is 0.293 e. The van der Waals surface area contributed by atoms with E-state index in [1.807, 2.05) is 6.92 Å². The van der Waals surface area contributed by atoms with E-state index >= 15 is 0 Å². The fourth-order valence-electron chi connectivity index (χ4n) is 1.66. The molecule has 96 valence electrons. The summed E-state index contributed by atoms with van der Waals surface area (Å²) in [5, 5.41) is 16.6. The maximum absolute atomic E-state index is 11.8. The van der Waals surface area contributed by atoms with Gasteiger partial charge < -0.3 is 10.6 Å². The molecular formula is C12H15N3O3. The minimum Gasteiger partial charge on any atom is -0.380 e.